The Morgan fingerprint density at radius 3 is 1.08 bits per heavy atom. The zero-order chi connectivity index (χ0) is 29.6. The molecule has 0 N–H and O–H groups in total. The highest BCUT2D eigenvalue weighted by Crippen LogP contribution is 2.64. The van der Waals surface area contributed by atoms with Gasteiger partial charge in [0.25, 0.3) is 0 Å². The van der Waals surface area contributed by atoms with E-state index in [2.05, 4.69) is 9.47 Å². The van der Waals surface area contributed by atoms with E-state index in [1.807, 2.05) is 0 Å². The van der Waals surface area contributed by atoms with Crippen LogP contribution in [0.4, 0.5) is 74.6 Å². The van der Waals surface area contributed by atoms with E-state index >= 15 is 0 Å². The van der Waals surface area contributed by atoms with Gasteiger partial charge in [-0.1, -0.05) is 0 Å². The molecule has 0 saturated carbocycles. The maximum absolute atomic E-state index is 13.8. The average Bonchev–Trinajstić information content (AvgIpc) is 2.71. The molecule has 0 aromatic heterocycles. The third-order valence-corrected chi connectivity index (χ3v) is 4.51. The summed E-state index contributed by atoms with van der Waals surface area (Å²) >= 11 is 0. The maximum atomic E-state index is 13.8. The van der Waals surface area contributed by atoms with E-state index in [0.717, 1.165) is 0 Å². The number of hydrogen-bond donors (Lipinski definition) is 0. The van der Waals surface area contributed by atoms with Gasteiger partial charge >= 0.3 is 59.6 Å². The predicted molar refractivity (Wildman–Crippen MR) is 77.4 cm³/mol. The van der Waals surface area contributed by atoms with Crippen molar-refractivity contribution >= 4 is 11.9 Å². The van der Waals surface area contributed by atoms with Crippen molar-refractivity contribution in [1.82, 2.24) is 0 Å². The van der Waals surface area contributed by atoms with Crippen molar-refractivity contribution in [3.8, 4) is 0 Å². The molecule has 0 bridgehead atoms. The Balaban J connectivity index is 6.54. The lowest BCUT2D eigenvalue weighted by Gasteiger charge is -2.42. The van der Waals surface area contributed by atoms with Crippen LogP contribution in [0, 0.1) is 5.92 Å². The van der Waals surface area contributed by atoms with Crippen molar-refractivity contribution in [2.75, 3.05) is 14.2 Å². The van der Waals surface area contributed by atoms with Crippen molar-refractivity contribution in [1.29, 1.82) is 0 Å². The molecule has 0 aliphatic carbocycles. The van der Waals surface area contributed by atoms with Crippen molar-refractivity contribution in [3.63, 3.8) is 0 Å². The van der Waals surface area contributed by atoms with Gasteiger partial charge in [-0.3, -0.25) is 9.59 Å². The third kappa shape index (κ3) is 4.84. The standard InChI is InChI=1S/C15H11F17O4/c1-35-6(33)5(7(34)36-2)3-4-8(16,17)9(18,19)10(20,21)11(22,23)12(24,25)13(26,27)14(28,29)15(30,31)32/h5H,3-4H2,1-2H3. The Morgan fingerprint density at radius 2 is 0.806 bits per heavy atom. The number of carbonyl (C=O) groups excluding carboxylic acids is 2. The minimum Gasteiger partial charge on any atom is -0.468 e. The molecule has 214 valence electrons. The fourth-order valence-corrected chi connectivity index (χ4v) is 2.30. The number of alkyl halides is 17. The van der Waals surface area contributed by atoms with E-state index in [1.54, 1.807) is 0 Å². The minimum absolute atomic E-state index is 0.471. The molecule has 0 rings (SSSR count). The lowest BCUT2D eigenvalue weighted by molar-refractivity contribution is -0.461. The fourth-order valence-electron chi connectivity index (χ4n) is 2.30. The van der Waals surface area contributed by atoms with Gasteiger partial charge in [-0.15, -0.1) is 0 Å². The van der Waals surface area contributed by atoms with Crippen molar-refractivity contribution in [3.05, 3.63) is 0 Å². The monoisotopic (exact) mass is 578 g/mol. The molecule has 0 aromatic carbocycles. The molecule has 4 nitrogen and oxygen atoms in total. The highest BCUT2D eigenvalue weighted by Gasteiger charge is 2.95. The number of methoxy groups -OCH3 is 2. The molecule has 0 aromatic rings. The van der Waals surface area contributed by atoms with Crippen molar-refractivity contribution < 1.29 is 93.7 Å². The molecule has 0 heterocycles. The third-order valence-electron chi connectivity index (χ3n) is 4.51. The molecule has 0 amide bonds. The number of carbonyl (C=O) groups is 2. The van der Waals surface area contributed by atoms with Crippen molar-refractivity contribution in [2.24, 2.45) is 5.92 Å². The second-order valence-corrected chi connectivity index (χ2v) is 6.79. The van der Waals surface area contributed by atoms with Gasteiger partial charge in [0, 0.05) is 6.42 Å². The van der Waals surface area contributed by atoms with Crippen LogP contribution in [0.5, 0.6) is 0 Å². The van der Waals surface area contributed by atoms with Crippen LogP contribution in [0.3, 0.4) is 0 Å². The zero-order valence-corrected chi connectivity index (χ0v) is 17.0. The van der Waals surface area contributed by atoms with Crippen LogP contribution in [0.1, 0.15) is 12.8 Å². The van der Waals surface area contributed by atoms with Crippen LogP contribution >= 0.6 is 0 Å². The molecule has 36 heavy (non-hydrogen) atoms. The van der Waals surface area contributed by atoms with Crippen LogP contribution in [0.25, 0.3) is 0 Å². The van der Waals surface area contributed by atoms with Gasteiger partial charge < -0.3 is 9.47 Å². The molecule has 0 aliphatic rings. The number of ether oxygens (including phenoxy) is 2. The van der Waals surface area contributed by atoms with E-state index in [1.165, 1.54) is 0 Å². The molecule has 0 spiro atoms. The van der Waals surface area contributed by atoms with Gasteiger partial charge in [-0.2, -0.15) is 74.6 Å². The highest BCUT2D eigenvalue weighted by atomic mass is 19.4. The first-order valence-corrected chi connectivity index (χ1v) is 8.43. The van der Waals surface area contributed by atoms with Crippen LogP contribution in [-0.4, -0.2) is 73.8 Å². The molecular weight excluding hydrogens is 567 g/mol. The summed E-state index contributed by atoms with van der Waals surface area (Å²) in [5.74, 6) is -63.7. The summed E-state index contributed by atoms with van der Waals surface area (Å²) in [6.45, 7) is 0. The van der Waals surface area contributed by atoms with Crippen LogP contribution < -0.4 is 0 Å². The molecule has 0 radical (unpaired) electrons. The smallest absolute Gasteiger partial charge is 0.460 e. The number of hydrogen-bond acceptors (Lipinski definition) is 4. The van der Waals surface area contributed by atoms with E-state index in [-0.39, 0.29) is 0 Å². The lowest BCUT2D eigenvalue weighted by atomic mass is 9.87. The van der Waals surface area contributed by atoms with Gasteiger partial charge in [0.05, 0.1) is 14.2 Å². The maximum Gasteiger partial charge on any atom is 0.460 e. The lowest BCUT2D eigenvalue weighted by Crippen LogP contribution is -2.74. The average molecular weight is 578 g/mol. The Labute approximate surface area is 187 Å². The normalized spacial score (nSPS) is 15.2. The largest absolute Gasteiger partial charge is 0.468 e. The molecule has 0 unspecified atom stereocenters. The number of esters is 2. The summed E-state index contributed by atoms with van der Waals surface area (Å²) in [4.78, 5) is 22.6. The van der Waals surface area contributed by atoms with Gasteiger partial charge in [0.15, 0.2) is 5.92 Å². The molecule has 0 saturated heterocycles. The minimum atomic E-state index is -8.73. The van der Waals surface area contributed by atoms with E-state index in [4.69, 9.17) is 0 Å². The van der Waals surface area contributed by atoms with Gasteiger partial charge in [-0.05, 0) is 6.42 Å². The van der Waals surface area contributed by atoms with E-state index in [0.29, 0.717) is 14.2 Å². The van der Waals surface area contributed by atoms with Gasteiger partial charge in [0.2, 0.25) is 0 Å². The SMILES string of the molecule is COC(=O)C(CCC(F)(F)C(F)(F)C(F)(F)C(F)(F)C(F)(F)C(F)(F)C(F)(F)C(F)(F)F)C(=O)OC. The zero-order valence-electron chi connectivity index (χ0n) is 17.0. The summed E-state index contributed by atoms with van der Waals surface area (Å²) in [5, 5.41) is 0. The van der Waals surface area contributed by atoms with E-state index < -0.39 is 78.3 Å². The second kappa shape index (κ2) is 9.56. The topological polar surface area (TPSA) is 52.6 Å². The first-order chi connectivity index (χ1) is 15.6. The van der Waals surface area contributed by atoms with Gasteiger partial charge in [-0.25, -0.2) is 0 Å². The van der Waals surface area contributed by atoms with Crippen LogP contribution in [0.15, 0.2) is 0 Å². The summed E-state index contributed by atoms with van der Waals surface area (Å²) in [5.41, 5.74) is 0. The first-order valence-electron chi connectivity index (χ1n) is 8.43. The summed E-state index contributed by atoms with van der Waals surface area (Å²) in [7, 11) is 0.942. The van der Waals surface area contributed by atoms with Crippen LogP contribution in [-0.2, 0) is 19.1 Å². The molecule has 0 atom stereocenters. The summed E-state index contributed by atoms with van der Waals surface area (Å²) in [6, 6.07) is 0. The van der Waals surface area contributed by atoms with E-state index in [9.17, 15) is 84.2 Å². The summed E-state index contributed by atoms with van der Waals surface area (Å²) < 4.78 is 232. The Hall–Kier alpha value is -2.25. The Morgan fingerprint density at radius 1 is 0.528 bits per heavy atom. The second-order valence-electron chi connectivity index (χ2n) is 6.79. The summed E-state index contributed by atoms with van der Waals surface area (Å²) in [6.07, 6.45) is -12.8. The first kappa shape index (κ1) is 33.8. The van der Waals surface area contributed by atoms with Gasteiger partial charge in [0.1, 0.15) is 0 Å². The quantitative estimate of drug-likeness (QED) is 0.179. The van der Waals surface area contributed by atoms with Crippen molar-refractivity contribution in [2.45, 2.75) is 60.5 Å². The highest BCUT2D eigenvalue weighted by molar-refractivity contribution is 5.94. The molecular formula is C15H11F17O4. The Kier molecular flexibility index (Phi) is 8.97. The molecule has 0 fully saturated rings. The number of rotatable bonds is 11. The number of halogens is 17. The molecule has 21 heteroatoms. The van der Waals surface area contributed by atoms with Crippen LogP contribution in [0.2, 0.25) is 0 Å². The molecule has 0 aliphatic heterocycles. The Bertz CT molecular complexity index is 801. The predicted octanol–water partition coefficient (Wildman–Crippen LogP) is 5.74. The fraction of sp³-hybridized carbons (Fsp3) is 0.867.